The number of nitrogens with one attached hydrogen (secondary N) is 1. The molecule has 1 amide bonds. The highest BCUT2D eigenvalue weighted by Crippen LogP contribution is 2.35. The van der Waals surface area contributed by atoms with Gasteiger partial charge in [0.25, 0.3) is 5.91 Å². The van der Waals surface area contributed by atoms with Crippen molar-refractivity contribution in [2.75, 3.05) is 0 Å². The lowest BCUT2D eigenvalue weighted by Crippen LogP contribution is -2.19. The SMILES string of the molecule is O=C1NC(=S)S/C1=C\N1N=C(c2ccc(Cl)cc2)CC1c1ccc(F)cc1. The van der Waals surface area contributed by atoms with Crippen LogP contribution in [0.2, 0.25) is 5.02 Å². The Labute approximate surface area is 170 Å². The molecule has 27 heavy (non-hydrogen) atoms. The number of thiocarbonyl (C=S) groups is 1. The molecule has 1 atom stereocenters. The van der Waals surface area contributed by atoms with Crippen molar-refractivity contribution in [3.8, 4) is 0 Å². The van der Waals surface area contributed by atoms with Crippen molar-refractivity contribution >= 4 is 51.5 Å². The van der Waals surface area contributed by atoms with Crippen molar-refractivity contribution in [2.24, 2.45) is 5.10 Å². The lowest BCUT2D eigenvalue weighted by Gasteiger charge is -2.20. The summed E-state index contributed by atoms with van der Waals surface area (Å²) in [6, 6.07) is 13.6. The van der Waals surface area contributed by atoms with Crippen molar-refractivity contribution < 1.29 is 9.18 Å². The largest absolute Gasteiger partial charge is 0.307 e. The molecule has 2 aromatic carbocycles. The maximum absolute atomic E-state index is 13.3. The van der Waals surface area contributed by atoms with Crippen LogP contribution in [-0.2, 0) is 4.79 Å². The third-order valence-corrected chi connectivity index (χ3v) is 5.67. The second-order valence-corrected chi connectivity index (χ2v) is 8.20. The van der Waals surface area contributed by atoms with Gasteiger partial charge in [-0.05, 0) is 35.4 Å². The van der Waals surface area contributed by atoms with Crippen LogP contribution in [0, 0.1) is 5.82 Å². The second-order valence-electron chi connectivity index (χ2n) is 6.04. The van der Waals surface area contributed by atoms with Crippen molar-refractivity contribution in [2.45, 2.75) is 12.5 Å². The number of hydrogen-bond acceptors (Lipinski definition) is 5. The van der Waals surface area contributed by atoms with E-state index in [0.29, 0.717) is 20.7 Å². The first-order valence-electron chi connectivity index (χ1n) is 8.12. The van der Waals surface area contributed by atoms with Crippen molar-refractivity contribution in [1.29, 1.82) is 0 Å². The molecule has 2 heterocycles. The van der Waals surface area contributed by atoms with E-state index in [-0.39, 0.29) is 17.8 Å². The van der Waals surface area contributed by atoms with Gasteiger partial charge in [-0.3, -0.25) is 9.80 Å². The number of thioether (sulfide) groups is 1. The molecule has 2 aliphatic heterocycles. The molecule has 2 aliphatic rings. The highest BCUT2D eigenvalue weighted by Gasteiger charge is 2.30. The summed E-state index contributed by atoms with van der Waals surface area (Å²) < 4.78 is 13.8. The van der Waals surface area contributed by atoms with E-state index in [9.17, 15) is 9.18 Å². The van der Waals surface area contributed by atoms with E-state index >= 15 is 0 Å². The number of benzene rings is 2. The van der Waals surface area contributed by atoms with Gasteiger partial charge in [-0.25, -0.2) is 4.39 Å². The molecule has 4 rings (SSSR count). The zero-order chi connectivity index (χ0) is 19.0. The molecule has 0 aromatic heterocycles. The number of rotatable bonds is 3. The molecule has 8 heteroatoms. The number of nitrogens with zero attached hydrogens (tertiary/aromatic N) is 2. The predicted octanol–water partition coefficient (Wildman–Crippen LogP) is 4.62. The van der Waals surface area contributed by atoms with Gasteiger partial charge >= 0.3 is 0 Å². The molecule has 1 N–H and O–H groups in total. The van der Waals surface area contributed by atoms with Crippen LogP contribution < -0.4 is 5.32 Å². The third-order valence-electron chi connectivity index (χ3n) is 4.27. The van der Waals surface area contributed by atoms with Crippen molar-refractivity contribution in [3.63, 3.8) is 0 Å². The molecule has 4 nitrogen and oxygen atoms in total. The van der Waals surface area contributed by atoms with Crippen LogP contribution >= 0.6 is 35.6 Å². The normalized spacial score (nSPS) is 21.0. The summed E-state index contributed by atoms with van der Waals surface area (Å²) in [5.41, 5.74) is 2.72. The maximum Gasteiger partial charge on any atom is 0.265 e. The second kappa shape index (κ2) is 7.42. The van der Waals surface area contributed by atoms with Gasteiger partial charge in [-0.2, -0.15) is 5.10 Å². The molecular formula is C19H13ClFN3OS2. The molecule has 1 fully saturated rings. The van der Waals surface area contributed by atoms with Gasteiger partial charge in [-0.15, -0.1) is 0 Å². The molecule has 0 spiro atoms. The zero-order valence-electron chi connectivity index (χ0n) is 13.9. The number of amides is 1. The Hall–Kier alpha value is -2.22. The Kier molecular flexibility index (Phi) is 4.99. The van der Waals surface area contributed by atoms with Crippen LogP contribution in [0.4, 0.5) is 4.39 Å². The number of hydrazone groups is 1. The molecule has 0 saturated carbocycles. The fourth-order valence-corrected chi connectivity index (χ4v) is 4.09. The predicted molar refractivity (Wildman–Crippen MR) is 110 cm³/mol. The molecule has 0 bridgehead atoms. The van der Waals surface area contributed by atoms with E-state index in [2.05, 4.69) is 5.32 Å². The fourth-order valence-electron chi connectivity index (χ4n) is 2.95. The van der Waals surface area contributed by atoms with Crippen LogP contribution in [-0.4, -0.2) is 20.9 Å². The monoisotopic (exact) mass is 417 g/mol. The van der Waals surface area contributed by atoms with E-state index in [1.165, 1.54) is 23.9 Å². The van der Waals surface area contributed by atoms with Crippen LogP contribution in [0.5, 0.6) is 0 Å². The van der Waals surface area contributed by atoms with Crippen molar-refractivity contribution in [3.05, 3.63) is 81.6 Å². The molecule has 2 aromatic rings. The minimum absolute atomic E-state index is 0.147. The van der Waals surface area contributed by atoms with E-state index in [1.54, 1.807) is 23.3 Å². The summed E-state index contributed by atoms with van der Waals surface area (Å²) in [5, 5.41) is 9.69. The summed E-state index contributed by atoms with van der Waals surface area (Å²) in [7, 11) is 0. The van der Waals surface area contributed by atoms with Crippen LogP contribution in [0.25, 0.3) is 0 Å². The van der Waals surface area contributed by atoms with E-state index in [4.69, 9.17) is 28.9 Å². The lowest BCUT2D eigenvalue weighted by molar-refractivity contribution is -0.115. The Morgan fingerprint density at radius 2 is 1.93 bits per heavy atom. The van der Waals surface area contributed by atoms with Gasteiger partial charge in [0.15, 0.2) is 0 Å². The van der Waals surface area contributed by atoms with E-state index in [0.717, 1.165) is 16.8 Å². The fraction of sp³-hybridized carbons (Fsp3) is 0.105. The van der Waals surface area contributed by atoms with Gasteiger partial charge in [0.2, 0.25) is 0 Å². The summed E-state index contributed by atoms with van der Waals surface area (Å²) in [4.78, 5) is 12.5. The van der Waals surface area contributed by atoms with Crippen LogP contribution in [0.1, 0.15) is 23.6 Å². The molecule has 1 saturated heterocycles. The van der Waals surface area contributed by atoms with Crippen LogP contribution in [0.3, 0.4) is 0 Å². The average molecular weight is 418 g/mol. The van der Waals surface area contributed by atoms with Crippen molar-refractivity contribution in [1.82, 2.24) is 10.3 Å². The van der Waals surface area contributed by atoms with E-state index < -0.39 is 0 Å². The smallest absolute Gasteiger partial charge is 0.265 e. The quantitative estimate of drug-likeness (QED) is 0.584. The zero-order valence-corrected chi connectivity index (χ0v) is 16.2. The molecular weight excluding hydrogens is 405 g/mol. The molecule has 1 unspecified atom stereocenters. The van der Waals surface area contributed by atoms with Gasteiger partial charge in [-0.1, -0.05) is 59.8 Å². The summed E-state index contributed by atoms with van der Waals surface area (Å²) in [5.74, 6) is -0.533. The third kappa shape index (κ3) is 3.90. The summed E-state index contributed by atoms with van der Waals surface area (Å²) in [6.45, 7) is 0. The van der Waals surface area contributed by atoms with Gasteiger partial charge in [0.05, 0.1) is 16.7 Å². The number of halogens is 2. The number of carbonyl (C=O) groups is 1. The topological polar surface area (TPSA) is 44.7 Å². The first-order valence-corrected chi connectivity index (χ1v) is 9.72. The van der Waals surface area contributed by atoms with Gasteiger partial charge < -0.3 is 5.32 Å². The molecule has 0 aliphatic carbocycles. The highest BCUT2D eigenvalue weighted by atomic mass is 35.5. The van der Waals surface area contributed by atoms with Gasteiger partial charge in [0.1, 0.15) is 10.1 Å². The summed E-state index contributed by atoms with van der Waals surface area (Å²) >= 11 is 12.2. The first kappa shape index (κ1) is 18.2. The lowest BCUT2D eigenvalue weighted by atomic mass is 9.98. The first-order chi connectivity index (χ1) is 13.0. The standard InChI is InChI=1S/C19H13ClFN3OS2/c20-13-5-1-11(2-6-13)15-9-16(12-3-7-14(21)8-4-12)24(23-15)10-17-18(25)22-19(26)27-17/h1-8,10,16H,9H2,(H,22,25,26)/b17-10-. The minimum atomic E-state index is -0.295. The minimum Gasteiger partial charge on any atom is -0.307 e. The maximum atomic E-state index is 13.3. The Morgan fingerprint density at radius 1 is 1.22 bits per heavy atom. The Bertz CT molecular complexity index is 973. The highest BCUT2D eigenvalue weighted by molar-refractivity contribution is 8.26. The average Bonchev–Trinajstić information content (AvgIpc) is 3.20. The van der Waals surface area contributed by atoms with E-state index in [1.807, 2.05) is 24.3 Å². The van der Waals surface area contributed by atoms with Gasteiger partial charge in [0, 0.05) is 17.6 Å². The Balaban J connectivity index is 1.70. The Morgan fingerprint density at radius 3 is 2.56 bits per heavy atom. The summed E-state index contributed by atoms with van der Waals surface area (Å²) in [6.07, 6.45) is 2.31. The van der Waals surface area contributed by atoms with Crippen LogP contribution in [0.15, 0.2) is 64.7 Å². The number of hydrogen-bond donors (Lipinski definition) is 1. The molecule has 136 valence electrons. The molecule has 0 radical (unpaired) electrons. The number of carbonyl (C=O) groups excluding carboxylic acids is 1.